The SMILES string of the molecule is Nc1ccc(/N=N/c2ccc(Cl)cc2Cl)cc1[N+](=O)[O-]. The van der Waals surface area contributed by atoms with Crippen molar-refractivity contribution in [2.24, 2.45) is 10.2 Å². The molecule has 0 spiro atoms. The van der Waals surface area contributed by atoms with E-state index >= 15 is 0 Å². The fourth-order valence-electron chi connectivity index (χ4n) is 1.43. The van der Waals surface area contributed by atoms with Crippen LogP contribution in [0.2, 0.25) is 10.0 Å². The van der Waals surface area contributed by atoms with Crippen molar-refractivity contribution in [2.75, 3.05) is 5.73 Å². The van der Waals surface area contributed by atoms with E-state index in [0.29, 0.717) is 21.4 Å². The van der Waals surface area contributed by atoms with E-state index in [4.69, 9.17) is 28.9 Å². The van der Waals surface area contributed by atoms with Crippen LogP contribution in [0.5, 0.6) is 0 Å². The van der Waals surface area contributed by atoms with E-state index in [9.17, 15) is 10.1 Å². The maximum Gasteiger partial charge on any atom is 0.294 e. The van der Waals surface area contributed by atoms with Crippen molar-refractivity contribution in [1.29, 1.82) is 0 Å². The summed E-state index contributed by atoms with van der Waals surface area (Å²) >= 11 is 11.7. The summed E-state index contributed by atoms with van der Waals surface area (Å²) in [4.78, 5) is 10.2. The van der Waals surface area contributed by atoms with E-state index in [1.165, 1.54) is 24.3 Å². The maximum atomic E-state index is 10.8. The van der Waals surface area contributed by atoms with E-state index < -0.39 is 4.92 Å². The van der Waals surface area contributed by atoms with E-state index in [2.05, 4.69) is 10.2 Å². The summed E-state index contributed by atoms with van der Waals surface area (Å²) in [5.41, 5.74) is 6.05. The summed E-state index contributed by atoms with van der Waals surface area (Å²) in [6, 6.07) is 8.91. The quantitative estimate of drug-likeness (QED) is 0.378. The lowest BCUT2D eigenvalue weighted by Gasteiger charge is -1.99. The van der Waals surface area contributed by atoms with E-state index in [-0.39, 0.29) is 11.4 Å². The molecule has 0 aliphatic heterocycles. The molecule has 0 unspecified atom stereocenters. The standard InChI is InChI=1S/C12H8Cl2N4O2/c13-7-1-4-11(9(14)5-7)17-16-8-2-3-10(15)12(6-8)18(19)20/h1-6H,15H2/b17-16+. The molecule has 2 aromatic rings. The number of halogens is 2. The predicted octanol–water partition coefficient (Wildman–Crippen LogP) is 4.90. The fraction of sp³-hybridized carbons (Fsp3) is 0. The average molecular weight is 311 g/mol. The molecule has 0 aliphatic carbocycles. The summed E-state index contributed by atoms with van der Waals surface area (Å²) < 4.78 is 0. The van der Waals surface area contributed by atoms with Crippen LogP contribution in [0.15, 0.2) is 46.6 Å². The van der Waals surface area contributed by atoms with Crippen LogP contribution in [0.1, 0.15) is 0 Å². The van der Waals surface area contributed by atoms with Gasteiger partial charge in [-0.1, -0.05) is 23.2 Å². The number of nitro groups is 1. The molecule has 0 saturated heterocycles. The second-order valence-electron chi connectivity index (χ2n) is 3.80. The van der Waals surface area contributed by atoms with Gasteiger partial charge >= 0.3 is 0 Å². The number of hydrogen-bond acceptors (Lipinski definition) is 5. The number of nitrogen functional groups attached to an aromatic ring is 1. The summed E-state index contributed by atoms with van der Waals surface area (Å²) in [7, 11) is 0. The molecule has 2 rings (SSSR count). The van der Waals surface area contributed by atoms with Crippen molar-refractivity contribution < 1.29 is 4.92 Å². The Hall–Kier alpha value is -2.18. The Morgan fingerprint density at radius 2 is 1.85 bits per heavy atom. The van der Waals surface area contributed by atoms with Gasteiger partial charge in [-0.25, -0.2) is 0 Å². The van der Waals surface area contributed by atoms with Crippen LogP contribution in [-0.4, -0.2) is 4.92 Å². The van der Waals surface area contributed by atoms with Crippen molar-refractivity contribution >= 4 is 46.0 Å². The Kier molecular flexibility index (Phi) is 4.16. The highest BCUT2D eigenvalue weighted by molar-refractivity contribution is 6.36. The van der Waals surface area contributed by atoms with Crippen LogP contribution >= 0.6 is 23.2 Å². The summed E-state index contributed by atoms with van der Waals surface area (Å²) in [5, 5.41) is 19.4. The monoisotopic (exact) mass is 310 g/mol. The smallest absolute Gasteiger partial charge is 0.294 e. The molecule has 0 heterocycles. The molecule has 0 saturated carbocycles. The van der Waals surface area contributed by atoms with Crippen molar-refractivity contribution in [1.82, 2.24) is 0 Å². The number of anilines is 1. The fourth-order valence-corrected chi connectivity index (χ4v) is 1.87. The van der Waals surface area contributed by atoms with Gasteiger partial charge in [0, 0.05) is 11.1 Å². The first-order chi connectivity index (χ1) is 9.47. The maximum absolute atomic E-state index is 10.8. The highest BCUT2D eigenvalue weighted by Crippen LogP contribution is 2.31. The van der Waals surface area contributed by atoms with Gasteiger partial charge in [0.15, 0.2) is 0 Å². The minimum absolute atomic E-state index is 0.0680. The van der Waals surface area contributed by atoms with Gasteiger partial charge in [0.25, 0.3) is 5.69 Å². The Labute approximate surface area is 124 Å². The van der Waals surface area contributed by atoms with E-state index in [0.717, 1.165) is 0 Å². The van der Waals surface area contributed by atoms with Gasteiger partial charge in [-0.05, 0) is 30.3 Å². The molecule has 0 bridgehead atoms. The Balaban J connectivity index is 2.32. The summed E-state index contributed by atoms with van der Waals surface area (Å²) in [6.07, 6.45) is 0. The van der Waals surface area contributed by atoms with Gasteiger partial charge in [-0.2, -0.15) is 5.11 Å². The number of hydrogen-bond donors (Lipinski definition) is 1. The number of benzene rings is 2. The van der Waals surface area contributed by atoms with Crippen LogP contribution in [0.3, 0.4) is 0 Å². The molecule has 0 atom stereocenters. The Morgan fingerprint density at radius 3 is 2.50 bits per heavy atom. The molecule has 0 aliphatic rings. The molecule has 2 N–H and O–H groups in total. The van der Waals surface area contributed by atoms with Crippen LogP contribution in [0, 0.1) is 10.1 Å². The van der Waals surface area contributed by atoms with Gasteiger partial charge in [-0.15, -0.1) is 5.11 Å². The van der Waals surface area contributed by atoms with E-state index in [1.54, 1.807) is 12.1 Å². The molecular weight excluding hydrogens is 303 g/mol. The first kappa shape index (κ1) is 14.2. The molecular formula is C12H8Cl2N4O2. The molecule has 2 aromatic carbocycles. The molecule has 0 aromatic heterocycles. The minimum Gasteiger partial charge on any atom is -0.393 e. The van der Waals surface area contributed by atoms with Crippen molar-refractivity contribution in [2.45, 2.75) is 0 Å². The van der Waals surface area contributed by atoms with Gasteiger partial charge < -0.3 is 5.73 Å². The first-order valence-corrected chi connectivity index (χ1v) is 6.13. The summed E-state index contributed by atoms with van der Waals surface area (Å²) in [6.45, 7) is 0. The average Bonchev–Trinajstić information content (AvgIpc) is 2.39. The number of rotatable bonds is 3. The molecule has 20 heavy (non-hydrogen) atoms. The Bertz CT molecular complexity index is 704. The number of azo groups is 1. The third-order valence-electron chi connectivity index (χ3n) is 2.39. The zero-order valence-corrected chi connectivity index (χ0v) is 11.5. The van der Waals surface area contributed by atoms with Crippen molar-refractivity contribution in [3.63, 3.8) is 0 Å². The van der Waals surface area contributed by atoms with Crippen LogP contribution in [0.4, 0.5) is 22.7 Å². The summed E-state index contributed by atoms with van der Waals surface area (Å²) in [5.74, 6) is 0. The lowest BCUT2D eigenvalue weighted by molar-refractivity contribution is -0.383. The predicted molar refractivity (Wildman–Crippen MR) is 78.1 cm³/mol. The minimum atomic E-state index is -0.580. The third kappa shape index (κ3) is 3.23. The topological polar surface area (TPSA) is 93.9 Å². The van der Waals surface area contributed by atoms with Crippen molar-refractivity contribution in [3.8, 4) is 0 Å². The second kappa shape index (κ2) is 5.85. The number of nitrogens with zero attached hydrogens (tertiary/aromatic N) is 3. The largest absolute Gasteiger partial charge is 0.393 e. The molecule has 8 heteroatoms. The lowest BCUT2D eigenvalue weighted by atomic mass is 10.2. The zero-order valence-electron chi connectivity index (χ0n) is 9.96. The van der Waals surface area contributed by atoms with E-state index in [1.807, 2.05) is 0 Å². The number of nitro benzene ring substituents is 1. The lowest BCUT2D eigenvalue weighted by Crippen LogP contribution is -1.94. The molecule has 0 radical (unpaired) electrons. The third-order valence-corrected chi connectivity index (χ3v) is 2.93. The molecule has 0 amide bonds. The molecule has 0 fully saturated rings. The van der Waals surface area contributed by atoms with Gasteiger partial charge in [0.1, 0.15) is 11.4 Å². The molecule has 102 valence electrons. The zero-order chi connectivity index (χ0) is 14.7. The highest BCUT2D eigenvalue weighted by atomic mass is 35.5. The van der Waals surface area contributed by atoms with Gasteiger partial charge in [0.2, 0.25) is 0 Å². The van der Waals surface area contributed by atoms with Crippen LogP contribution in [-0.2, 0) is 0 Å². The van der Waals surface area contributed by atoms with Crippen LogP contribution < -0.4 is 5.73 Å². The highest BCUT2D eigenvalue weighted by Gasteiger charge is 2.11. The normalized spacial score (nSPS) is 10.9. The Morgan fingerprint density at radius 1 is 1.10 bits per heavy atom. The molecule has 6 nitrogen and oxygen atoms in total. The van der Waals surface area contributed by atoms with Crippen LogP contribution in [0.25, 0.3) is 0 Å². The van der Waals surface area contributed by atoms with Crippen molar-refractivity contribution in [3.05, 3.63) is 56.6 Å². The second-order valence-corrected chi connectivity index (χ2v) is 4.64. The van der Waals surface area contributed by atoms with Gasteiger partial charge in [0.05, 0.1) is 15.6 Å². The first-order valence-electron chi connectivity index (χ1n) is 5.38. The number of nitrogens with two attached hydrogens (primary N) is 1. The van der Waals surface area contributed by atoms with Gasteiger partial charge in [-0.3, -0.25) is 10.1 Å².